The summed E-state index contributed by atoms with van der Waals surface area (Å²) in [5.41, 5.74) is 7.22. The minimum Gasteiger partial charge on any atom is -0.492 e. The molecule has 110 valence electrons. The van der Waals surface area contributed by atoms with Crippen LogP contribution in [0.2, 0.25) is 0 Å². The highest BCUT2D eigenvalue weighted by Gasteiger charge is 2.11. The predicted octanol–water partition coefficient (Wildman–Crippen LogP) is 2.30. The third-order valence-electron chi connectivity index (χ3n) is 3.22. The quantitative estimate of drug-likeness (QED) is 0.885. The Labute approximate surface area is 125 Å². The molecule has 0 heterocycles. The van der Waals surface area contributed by atoms with E-state index in [-0.39, 0.29) is 5.91 Å². The lowest BCUT2D eigenvalue weighted by atomic mass is 10.1. The Morgan fingerprint density at radius 2 is 1.76 bits per heavy atom. The van der Waals surface area contributed by atoms with Crippen molar-refractivity contribution in [2.24, 2.45) is 5.73 Å². The van der Waals surface area contributed by atoms with E-state index in [1.165, 1.54) is 0 Å². The Morgan fingerprint density at radius 1 is 1.10 bits per heavy atom. The zero-order chi connectivity index (χ0) is 15.1. The largest absolute Gasteiger partial charge is 0.492 e. The van der Waals surface area contributed by atoms with Crippen molar-refractivity contribution in [2.75, 3.05) is 20.2 Å². The lowest BCUT2D eigenvalue weighted by Crippen LogP contribution is -2.30. The van der Waals surface area contributed by atoms with E-state index in [4.69, 9.17) is 10.5 Å². The number of benzene rings is 2. The normalized spacial score (nSPS) is 10.2. The smallest absolute Gasteiger partial charge is 0.253 e. The molecule has 0 aromatic heterocycles. The summed E-state index contributed by atoms with van der Waals surface area (Å²) >= 11 is 0. The molecule has 0 spiro atoms. The zero-order valence-corrected chi connectivity index (χ0v) is 12.2. The molecule has 0 saturated carbocycles. The van der Waals surface area contributed by atoms with Crippen LogP contribution in [0.4, 0.5) is 0 Å². The van der Waals surface area contributed by atoms with E-state index in [0.717, 1.165) is 11.3 Å². The van der Waals surface area contributed by atoms with Gasteiger partial charge < -0.3 is 15.4 Å². The third kappa shape index (κ3) is 4.33. The second-order valence-electron chi connectivity index (χ2n) is 4.79. The highest BCUT2D eigenvalue weighted by Crippen LogP contribution is 2.09. The van der Waals surface area contributed by atoms with Gasteiger partial charge in [-0.3, -0.25) is 4.79 Å². The highest BCUT2D eigenvalue weighted by atomic mass is 16.5. The van der Waals surface area contributed by atoms with Crippen LogP contribution in [0, 0.1) is 0 Å². The average molecular weight is 284 g/mol. The van der Waals surface area contributed by atoms with Crippen LogP contribution in [0.15, 0.2) is 54.6 Å². The van der Waals surface area contributed by atoms with Gasteiger partial charge in [-0.05, 0) is 29.8 Å². The Hall–Kier alpha value is -2.33. The maximum Gasteiger partial charge on any atom is 0.253 e. The molecule has 0 aliphatic carbocycles. The molecular weight excluding hydrogens is 264 g/mol. The Morgan fingerprint density at radius 3 is 2.38 bits per heavy atom. The van der Waals surface area contributed by atoms with Crippen molar-refractivity contribution in [2.45, 2.75) is 6.54 Å². The Balaban J connectivity index is 1.84. The van der Waals surface area contributed by atoms with Gasteiger partial charge in [0.1, 0.15) is 12.4 Å². The van der Waals surface area contributed by atoms with Crippen LogP contribution in [0.25, 0.3) is 0 Å². The standard InChI is InChI=1S/C17H20N2O2/c1-19(11-12-21-16-5-3-2-4-6-16)17(20)15-9-7-14(13-18)8-10-15/h2-10H,11-13,18H2,1H3. The molecule has 2 aromatic carbocycles. The van der Waals surface area contributed by atoms with Gasteiger partial charge in [-0.1, -0.05) is 30.3 Å². The molecule has 0 aliphatic rings. The molecule has 0 aliphatic heterocycles. The van der Waals surface area contributed by atoms with Crippen LogP contribution >= 0.6 is 0 Å². The molecule has 0 saturated heterocycles. The van der Waals surface area contributed by atoms with Gasteiger partial charge in [0.15, 0.2) is 0 Å². The second kappa shape index (κ2) is 7.45. The fourth-order valence-corrected chi connectivity index (χ4v) is 1.92. The van der Waals surface area contributed by atoms with Gasteiger partial charge >= 0.3 is 0 Å². The van der Waals surface area contributed by atoms with Crippen LogP contribution < -0.4 is 10.5 Å². The summed E-state index contributed by atoms with van der Waals surface area (Å²) in [7, 11) is 1.77. The van der Waals surface area contributed by atoms with Gasteiger partial charge in [0.25, 0.3) is 5.91 Å². The van der Waals surface area contributed by atoms with Crippen LogP contribution in [-0.4, -0.2) is 31.0 Å². The molecular formula is C17H20N2O2. The number of nitrogens with two attached hydrogens (primary N) is 1. The molecule has 2 N–H and O–H groups in total. The SMILES string of the molecule is CN(CCOc1ccccc1)C(=O)c1ccc(CN)cc1. The number of hydrogen-bond acceptors (Lipinski definition) is 3. The number of carbonyl (C=O) groups is 1. The van der Waals surface area contributed by atoms with Crippen LogP contribution in [-0.2, 0) is 6.54 Å². The fraction of sp³-hybridized carbons (Fsp3) is 0.235. The molecule has 0 unspecified atom stereocenters. The molecule has 0 bridgehead atoms. The summed E-state index contributed by atoms with van der Waals surface area (Å²) in [5.74, 6) is 0.792. The van der Waals surface area contributed by atoms with Crippen LogP contribution in [0.3, 0.4) is 0 Å². The van der Waals surface area contributed by atoms with E-state index in [2.05, 4.69) is 0 Å². The minimum atomic E-state index is -0.0183. The van der Waals surface area contributed by atoms with Crippen molar-refractivity contribution in [1.82, 2.24) is 4.90 Å². The predicted molar refractivity (Wildman–Crippen MR) is 83.2 cm³/mol. The van der Waals surface area contributed by atoms with Crippen molar-refractivity contribution in [3.63, 3.8) is 0 Å². The van der Waals surface area contributed by atoms with Gasteiger partial charge in [-0.2, -0.15) is 0 Å². The van der Waals surface area contributed by atoms with Crippen LogP contribution in [0.1, 0.15) is 15.9 Å². The van der Waals surface area contributed by atoms with Crippen molar-refractivity contribution < 1.29 is 9.53 Å². The van der Waals surface area contributed by atoms with Gasteiger partial charge in [0.2, 0.25) is 0 Å². The van der Waals surface area contributed by atoms with E-state index < -0.39 is 0 Å². The monoisotopic (exact) mass is 284 g/mol. The lowest BCUT2D eigenvalue weighted by Gasteiger charge is -2.17. The summed E-state index contributed by atoms with van der Waals surface area (Å²) < 4.78 is 5.59. The Bertz CT molecular complexity index is 567. The first kappa shape index (κ1) is 15.1. The average Bonchev–Trinajstić information content (AvgIpc) is 2.55. The van der Waals surface area contributed by atoms with E-state index >= 15 is 0 Å². The highest BCUT2D eigenvalue weighted by molar-refractivity contribution is 5.94. The second-order valence-corrected chi connectivity index (χ2v) is 4.79. The molecule has 0 fully saturated rings. The van der Waals surface area contributed by atoms with Gasteiger partial charge in [-0.15, -0.1) is 0 Å². The summed E-state index contributed by atoms with van der Waals surface area (Å²) in [6.07, 6.45) is 0. The summed E-state index contributed by atoms with van der Waals surface area (Å²) in [6, 6.07) is 16.9. The molecule has 2 rings (SSSR count). The van der Waals surface area contributed by atoms with E-state index in [1.807, 2.05) is 42.5 Å². The number of likely N-dealkylation sites (N-methyl/N-ethyl adjacent to an activating group) is 1. The summed E-state index contributed by atoms with van der Waals surface area (Å²) in [6.45, 7) is 1.48. The lowest BCUT2D eigenvalue weighted by molar-refractivity contribution is 0.0774. The first-order chi connectivity index (χ1) is 10.2. The van der Waals surface area contributed by atoms with Crippen molar-refractivity contribution in [3.8, 4) is 5.75 Å². The molecule has 2 aromatic rings. The number of rotatable bonds is 6. The van der Waals surface area contributed by atoms with E-state index in [9.17, 15) is 4.79 Å². The molecule has 0 radical (unpaired) electrons. The molecule has 0 atom stereocenters. The van der Waals surface area contributed by atoms with Gasteiger partial charge in [0.05, 0.1) is 6.54 Å². The number of ether oxygens (including phenoxy) is 1. The first-order valence-electron chi connectivity index (χ1n) is 6.93. The fourth-order valence-electron chi connectivity index (χ4n) is 1.92. The zero-order valence-electron chi connectivity index (χ0n) is 12.2. The molecule has 4 heteroatoms. The topological polar surface area (TPSA) is 55.6 Å². The maximum absolute atomic E-state index is 12.2. The van der Waals surface area contributed by atoms with Gasteiger partial charge in [-0.25, -0.2) is 0 Å². The number of nitrogens with zero attached hydrogens (tertiary/aromatic N) is 1. The molecule has 21 heavy (non-hydrogen) atoms. The van der Waals surface area contributed by atoms with E-state index in [0.29, 0.717) is 25.3 Å². The van der Waals surface area contributed by atoms with Crippen molar-refractivity contribution >= 4 is 5.91 Å². The number of carbonyl (C=O) groups excluding carboxylic acids is 1. The Kier molecular flexibility index (Phi) is 5.35. The molecule has 1 amide bonds. The van der Waals surface area contributed by atoms with Crippen LogP contribution in [0.5, 0.6) is 5.75 Å². The number of para-hydroxylation sites is 1. The van der Waals surface area contributed by atoms with Gasteiger partial charge in [0, 0.05) is 19.2 Å². The third-order valence-corrected chi connectivity index (χ3v) is 3.22. The maximum atomic E-state index is 12.2. The van der Waals surface area contributed by atoms with Crippen molar-refractivity contribution in [1.29, 1.82) is 0 Å². The van der Waals surface area contributed by atoms with E-state index in [1.54, 1.807) is 24.1 Å². The van der Waals surface area contributed by atoms with Crippen molar-refractivity contribution in [3.05, 3.63) is 65.7 Å². The number of amides is 1. The molecule has 4 nitrogen and oxygen atoms in total. The summed E-state index contributed by atoms with van der Waals surface area (Å²) in [5, 5.41) is 0. The first-order valence-corrected chi connectivity index (χ1v) is 6.93. The minimum absolute atomic E-state index is 0.0183. The number of hydrogen-bond donors (Lipinski definition) is 1. The summed E-state index contributed by atoms with van der Waals surface area (Å²) in [4.78, 5) is 13.9.